The molecule has 0 radical (unpaired) electrons. The first kappa shape index (κ1) is 29.9. The number of hydrogen-bond acceptors (Lipinski definition) is 8. The highest BCUT2D eigenvalue weighted by molar-refractivity contribution is 7.22. The number of rotatable bonds is 4. The molecule has 1 saturated carbocycles. The van der Waals surface area contributed by atoms with Crippen LogP contribution in [0.2, 0.25) is 5.02 Å². The predicted molar refractivity (Wildman–Crippen MR) is 176 cm³/mol. The van der Waals surface area contributed by atoms with Gasteiger partial charge in [-0.3, -0.25) is 29.2 Å². The predicted octanol–water partition coefficient (Wildman–Crippen LogP) is 5.50. The molecule has 3 fully saturated rings. The van der Waals surface area contributed by atoms with Gasteiger partial charge in [0.1, 0.15) is 23.0 Å². The van der Waals surface area contributed by atoms with E-state index in [9.17, 15) is 24.3 Å². The molecule has 0 bridgehead atoms. The Hall–Kier alpha value is -4.48. The zero-order valence-electron chi connectivity index (χ0n) is 26.0. The van der Waals surface area contributed by atoms with Crippen molar-refractivity contribution in [3.8, 4) is 22.1 Å². The molecule has 8 rings (SSSR count). The first-order chi connectivity index (χ1) is 22.4. The molecule has 0 spiro atoms. The first-order valence-electron chi connectivity index (χ1n) is 15.5. The zero-order valence-corrected chi connectivity index (χ0v) is 27.6. The Morgan fingerprint density at radius 3 is 2.64 bits per heavy atom. The van der Waals surface area contributed by atoms with Crippen molar-refractivity contribution in [2.75, 3.05) is 12.0 Å². The molecule has 4 amide bonds. The van der Waals surface area contributed by atoms with Crippen LogP contribution in [0.5, 0.6) is 11.5 Å². The number of ether oxygens (including phenoxy) is 1. The van der Waals surface area contributed by atoms with Crippen LogP contribution >= 0.6 is 22.9 Å². The Morgan fingerprint density at radius 1 is 1.09 bits per heavy atom. The van der Waals surface area contributed by atoms with Gasteiger partial charge >= 0.3 is 0 Å². The maximum Gasteiger partial charge on any atom is 0.242 e. The van der Waals surface area contributed by atoms with Gasteiger partial charge in [0.25, 0.3) is 0 Å². The number of nitrogens with one attached hydrogen (secondary N) is 1. The number of methoxy groups -OCH3 is 1. The van der Waals surface area contributed by atoms with E-state index in [1.54, 1.807) is 35.2 Å². The highest BCUT2D eigenvalue weighted by Gasteiger charge is 2.67. The summed E-state index contributed by atoms with van der Waals surface area (Å²) in [6.07, 6.45) is 2.56. The number of allylic oxidation sites excluding steroid dienone is 2. The standard InChI is InChI=1S/C35H31ClN4O6S/c1-15-21-11-16(36)5-10-26(21)47-30(15)24-14-27(39(3)38-24)40-33(44)23-13-22-18(8-9-20-28(22)32(43)37-31(20)42)29(35(23,2)34(40)45)19-7-6-17(41)12-25(19)46-4/h5-8,10-12,14,20,22-23,28-29,41H,9,13H2,1-4H3,(H,37,42,43)/t20-,22+,23-,28-,29+,35+/m0/s1. The fourth-order valence-corrected chi connectivity index (χ4v) is 9.96. The van der Waals surface area contributed by atoms with Gasteiger partial charge in [-0.25, -0.2) is 4.90 Å². The monoisotopic (exact) mass is 670 g/mol. The molecular formula is C35H31ClN4O6S. The lowest BCUT2D eigenvalue weighted by Gasteiger charge is -2.49. The number of phenols is 1. The largest absolute Gasteiger partial charge is 0.508 e. The number of amides is 4. The number of phenolic OH excluding ortho intramolecular Hbond substituents is 1. The Kier molecular flexibility index (Phi) is 6.52. The van der Waals surface area contributed by atoms with E-state index in [-0.39, 0.29) is 35.8 Å². The van der Waals surface area contributed by atoms with Gasteiger partial charge in [-0.2, -0.15) is 5.10 Å². The highest BCUT2D eigenvalue weighted by Crippen LogP contribution is 2.64. The minimum atomic E-state index is -1.26. The van der Waals surface area contributed by atoms with Crippen molar-refractivity contribution >= 4 is 62.5 Å². The summed E-state index contributed by atoms with van der Waals surface area (Å²) in [4.78, 5) is 57.5. The number of nitrogens with zero attached hydrogens (tertiary/aromatic N) is 3. The lowest BCUT2D eigenvalue weighted by Crippen LogP contribution is -2.49. The van der Waals surface area contributed by atoms with Crippen molar-refractivity contribution in [2.45, 2.75) is 32.6 Å². The normalized spacial score (nSPS) is 28.3. The van der Waals surface area contributed by atoms with E-state index in [4.69, 9.17) is 21.4 Å². The van der Waals surface area contributed by atoms with Crippen LogP contribution in [-0.4, -0.2) is 45.6 Å². The molecular weight excluding hydrogens is 640 g/mol. The molecule has 10 nitrogen and oxygen atoms in total. The second-order valence-electron chi connectivity index (χ2n) is 13.1. The lowest BCUT2D eigenvalue weighted by atomic mass is 9.51. The van der Waals surface area contributed by atoms with Gasteiger partial charge in [0.15, 0.2) is 0 Å². The van der Waals surface area contributed by atoms with Crippen molar-refractivity contribution in [3.63, 3.8) is 0 Å². The molecule has 2 aromatic heterocycles. The minimum Gasteiger partial charge on any atom is -0.508 e. The fourth-order valence-electron chi connectivity index (χ4n) is 8.64. The number of aromatic nitrogens is 2. The summed E-state index contributed by atoms with van der Waals surface area (Å²) in [5.74, 6) is -3.75. The van der Waals surface area contributed by atoms with E-state index in [0.29, 0.717) is 34.3 Å². The SMILES string of the molecule is COc1cc(O)ccc1[C@H]1C2=CC[C@@H]3C(=O)NC(=O)[C@@H]3[C@@H]2C[C@H]2C(=O)N(c3cc(-c4sc5ccc(Cl)cc5c4C)nn3C)C(=O)[C@@]12C. The van der Waals surface area contributed by atoms with E-state index in [1.165, 1.54) is 24.1 Å². The van der Waals surface area contributed by atoms with Crippen molar-refractivity contribution in [2.24, 2.45) is 36.1 Å². The molecule has 47 heavy (non-hydrogen) atoms. The van der Waals surface area contributed by atoms with Crippen LogP contribution in [-0.2, 0) is 26.2 Å². The van der Waals surface area contributed by atoms with Crippen LogP contribution < -0.4 is 15.0 Å². The van der Waals surface area contributed by atoms with Gasteiger partial charge in [-0.1, -0.05) is 29.3 Å². The molecule has 2 saturated heterocycles. The highest BCUT2D eigenvalue weighted by atomic mass is 35.5. The van der Waals surface area contributed by atoms with Gasteiger partial charge in [0.2, 0.25) is 23.6 Å². The maximum absolute atomic E-state index is 14.9. The molecule has 4 heterocycles. The number of benzene rings is 2. The summed E-state index contributed by atoms with van der Waals surface area (Å²) in [6.45, 7) is 3.82. The second kappa shape index (κ2) is 10.3. The second-order valence-corrected chi connectivity index (χ2v) is 14.6. The number of imide groups is 2. The number of anilines is 1. The van der Waals surface area contributed by atoms with Crippen LogP contribution in [0, 0.1) is 36.0 Å². The fraction of sp³-hybridized carbons (Fsp3) is 0.343. The topological polar surface area (TPSA) is 131 Å². The molecule has 2 aliphatic carbocycles. The Labute approximate surface area is 278 Å². The van der Waals surface area contributed by atoms with Crippen LogP contribution in [0.25, 0.3) is 20.7 Å². The number of aromatic hydroxyl groups is 1. The molecule has 2 aliphatic heterocycles. The summed E-state index contributed by atoms with van der Waals surface area (Å²) in [5, 5.41) is 19.2. The third-order valence-electron chi connectivity index (χ3n) is 10.9. The first-order valence-corrected chi connectivity index (χ1v) is 16.7. The summed E-state index contributed by atoms with van der Waals surface area (Å²) < 4.78 is 8.33. The summed E-state index contributed by atoms with van der Waals surface area (Å²) in [6, 6.07) is 12.2. The number of halogens is 1. The maximum atomic E-state index is 14.9. The third kappa shape index (κ3) is 4.05. The third-order valence-corrected chi connectivity index (χ3v) is 12.4. The Balaban J connectivity index is 1.27. The quantitative estimate of drug-likeness (QED) is 0.217. The van der Waals surface area contributed by atoms with Crippen molar-refractivity contribution in [1.82, 2.24) is 15.1 Å². The van der Waals surface area contributed by atoms with Crippen LogP contribution in [0.1, 0.15) is 36.8 Å². The summed E-state index contributed by atoms with van der Waals surface area (Å²) in [5.41, 5.74) is 1.85. The number of thiophene rings is 1. The van der Waals surface area contributed by atoms with E-state index in [0.717, 1.165) is 26.1 Å². The van der Waals surface area contributed by atoms with Gasteiger partial charge in [0.05, 0.1) is 35.2 Å². The molecule has 6 atom stereocenters. The van der Waals surface area contributed by atoms with Gasteiger partial charge < -0.3 is 9.84 Å². The minimum absolute atomic E-state index is 0.00483. The number of carbonyl (C=O) groups is 4. The van der Waals surface area contributed by atoms with Crippen molar-refractivity contribution in [3.05, 3.63) is 70.3 Å². The number of aryl methyl sites for hydroxylation is 2. The number of carbonyl (C=O) groups excluding carboxylic acids is 4. The summed E-state index contributed by atoms with van der Waals surface area (Å²) in [7, 11) is 3.20. The van der Waals surface area contributed by atoms with E-state index in [1.807, 2.05) is 38.1 Å². The van der Waals surface area contributed by atoms with Crippen LogP contribution in [0.15, 0.2) is 54.1 Å². The molecule has 2 aromatic carbocycles. The zero-order chi connectivity index (χ0) is 33.1. The average Bonchev–Trinajstić information content (AvgIpc) is 3.72. The lowest BCUT2D eigenvalue weighted by molar-refractivity contribution is -0.131. The molecule has 4 aliphatic rings. The van der Waals surface area contributed by atoms with Gasteiger partial charge in [-0.15, -0.1) is 11.3 Å². The molecule has 240 valence electrons. The van der Waals surface area contributed by atoms with Crippen LogP contribution in [0.3, 0.4) is 0 Å². The Bertz CT molecular complexity index is 2120. The number of fused-ring (bicyclic) bond motifs is 5. The molecule has 12 heteroatoms. The average molecular weight is 671 g/mol. The van der Waals surface area contributed by atoms with Gasteiger partial charge in [-0.05, 0) is 67.8 Å². The van der Waals surface area contributed by atoms with E-state index in [2.05, 4.69) is 5.32 Å². The van der Waals surface area contributed by atoms with Crippen molar-refractivity contribution < 1.29 is 29.0 Å². The van der Waals surface area contributed by atoms with E-state index < -0.39 is 35.0 Å². The summed E-state index contributed by atoms with van der Waals surface area (Å²) >= 11 is 7.85. The molecule has 0 unspecified atom stereocenters. The Morgan fingerprint density at radius 2 is 1.87 bits per heavy atom. The smallest absolute Gasteiger partial charge is 0.242 e. The van der Waals surface area contributed by atoms with E-state index >= 15 is 0 Å². The van der Waals surface area contributed by atoms with Crippen LogP contribution in [0.4, 0.5) is 5.82 Å². The van der Waals surface area contributed by atoms with Crippen molar-refractivity contribution in [1.29, 1.82) is 0 Å². The number of hydrogen-bond donors (Lipinski definition) is 2. The molecule has 4 aromatic rings. The van der Waals surface area contributed by atoms with Gasteiger partial charge in [0, 0.05) is 40.4 Å². The molecule has 2 N–H and O–H groups in total.